The monoisotopic (exact) mass is 316 g/mol. The number of Topliss-reactive ketones (excluding diaryl/α,β-unsaturated/α-hetero) is 1. The summed E-state index contributed by atoms with van der Waals surface area (Å²) in [5.41, 5.74) is 1.39. The number of hydrogen-bond acceptors (Lipinski definition) is 4. The molecule has 112 valence electrons. The normalized spacial score (nSPS) is 27.2. The molecule has 0 bridgehead atoms. The summed E-state index contributed by atoms with van der Waals surface area (Å²) in [5.74, 6) is 0.197. The van der Waals surface area contributed by atoms with E-state index in [0.29, 0.717) is 16.3 Å². The number of ketones is 1. The highest BCUT2D eigenvalue weighted by Gasteiger charge is 2.52. The molecule has 2 heterocycles. The van der Waals surface area contributed by atoms with Gasteiger partial charge in [-0.15, -0.1) is 0 Å². The highest BCUT2D eigenvalue weighted by molar-refractivity contribution is 6.31. The first kappa shape index (κ1) is 13.8. The van der Waals surface area contributed by atoms with Gasteiger partial charge in [0.15, 0.2) is 6.10 Å². The number of halogens is 1. The standard InChI is InChI=1S/C17H13ClO4/c18-10-6-7-12-11(8-10)13(19)16(21-12)14(20)17-15(22-17)9-4-2-1-3-5-9/h1-8,14-17,20H/t14?,15-,16?,17-/m1/s1. The number of rotatable bonds is 3. The van der Waals surface area contributed by atoms with Gasteiger partial charge in [0.2, 0.25) is 5.78 Å². The topological polar surface area (TPSA) is 59.1 Å². The van der Waals surface area contributed by atoms with E-state index in [-0.39, 0.29) is 11.9 Å². The van der Waals surface area contributed by atoms with Gasteiger partial charge in [-0.25, -0.2) is 0 Å². The lowest BCUT2D eigenvalue weighted by Gasteiger charge is -2.14. The lowest BCUT2D eigenvalue weighted by atomic mass is 9.99. The zero-order valence-corrected chi connectivity index (χ0v) is 12.2. The Morgan fingerprint density at radius 1 is 1.14 bits per heavy atom. The maximum Gasteiger partial charge on any atom is 0.209 e. The van der Waals surface area contributed by atoms with Crippen LogP contribution in [-0.2, 0) is 4.74 Å². The van der Waals surface area contributed by atoms with E-state index in [2.05, 4.69) is 0 Å². The molecule has 22 heavy (non-hydrogen) atoms. The minimum Gasteiger partial charge on any atom is -0.479 e. The molecule has 0 aliphatic carbocycles. The summed E-state index contributed by atoms with van der Waals surface area (Å²) in [5, 5.41) is 10.9. The quantitative estimate of drug-likeness (QED) is 0.885. The summed E-state index contributed by atoms with van der Waals surface area (Å²) < 4.78 is 11.1. The summed E-state index contributed by atoms with van der Waals surface area (Å²) in [6, 6.07) is 14.5. The van der Waals surface area contributed by atoms with E-state index in [1.165, 1.54) is 0 Å². The molecular weight excluding hydrogens is 304 g/mol. The van der Waals surface area contributed by atoms with Crippen LogP contribution in [0.5, 0.6) is 5.75 Å². The number of carbonyl (C=O) groups excluding carboxylic acids is 1. The maximum atomic E-state index is 12.4. The van der Waals surface area contributed by atoms with Crippen molar-refractivity contribution >= 4 is 17.4 Å². The van der Waals surface area contributed by atoms with Crippen molar-refractivity contribution in [3.05, 3.63) is 64.7 Å². The molecule has 2 aliphatic rings. The fourth-order valence-corrected chi connectivity index (χ4v) is 3.00. The molecule has 4 nitrogen and oxygen atoms in total. The number of aliphatic hydroxyl groups is 1. The van der Waals surface area contributed by atoms with E-state index in [9.17, 15) is 9.90 Å². The maximum absolute atomic E-state index is 12.4. The van der Waals surface area contributed by atoms with Crippen molar-refractivity contribution in [3.8, 4) is 5.75 Å². The van der Waals surface area contributed by atoms with Gasteiger partial charge in [-0.2, -0.15) is 0 Å². The Balaban J connectivity index is 1.52. The van der Waals surface area contributed by atoms with E-state index < -0.39 is 18.3 Å². The van der Waals surface area contributed by atoms with E-state index in [1.807, 2.05) is 30.3 Å². The number of hydrogen-bond donors (Lipinski definition) is 1. The Morgan fingerprint density at radius 3 is 2.68 bits per heavy atom. The molecule has 2 unspecified atom stereocenters. The summed E-state index contributed by atoms with van der Waals surface area (Å²) >= 11 is 5.90. The molecule has 2 aromatic rings. The summed E-state index contributed by atoms with van der Waals surface area (Å²) in [6.45, 7) is 0. The first-order valence-corrected chi connectivity index (χ1v) is 7.42. The van der Waals surface area contributed by atoms with Gasteiger partial charge >= 0.3 is 0 Å². The molecule has 0 radical (unpaired) electrons. The Morgan fingerprint density at radius 2 is 1.91 bits per heavy atom. The lowest BCUT2D eigenvalue weighted by molar-refractivity contribution is 0.0281. The lowest BCUT2D eigenvalue weighted by Crippen LogP contribution is -2.38. The first-order valence-electron chi connectivity index (χ1n) is 7.04. The van der Waals surface area contributed by atoms with Crippen LogP contribution in [0.1, 0.15) is 22.0 Å². The predicted molar refractivity (Wildman–Crippen MR) is 80.3 cm³/mol. The molecule has 2 aliphatic heterocycles. The van der Waals surface area contributed by atoms with Crippen LogP contribution >= 0.6 is 11.6 Å². The van der Waals surface area contributed by atoms with Crippen molar-refractivity contribution in [3.63, 3.8) is 0 Å². The number of epoxide rings is 1. The molecule has 5 heteroatoms. The molecule has 4 atom stereocenters. The first-order chi connectivity index (χ1) is 10.6. The van der Waals surface area contributed by atoms with Crippen molar-refractivity contribution in [2.45, 2.75) is 24.4 Å². The van der Waals surface area contributed by atoms with Crippen LogP contribution in [-0.4, -0.2) is 29.2 Å². The number of ether oxygens (including phenoxy) is 2. The number of aliphatic hydroxyl groups excluding tert-OH is 1. The average molecular weight is 317 g/mol. The fraction of sp³-hybridized carbons (Fsp3) is 0.235. The molecule has 1 N–H and O–H groups in total. The van der Waals surface area contributed by atoms with Crippen LogP contribution in [0.3, 0.4) is 0 Å². The van der Waals surface area contributed by atoms with Crippen molar-refractivity contribution in [2.75, 3.05) is 0 Å². The molecule has 0 amide bonds. The Labute approximate surface area is 132 Å². The van der Waals surface area contributed by atoms with Crippen LogP contribution < -0.4 is 4.74 Å². The second-order valence-electron chi connectivity index (χ2n) is 5.47. The smallest absolute Gasteiger partial charge is 0.209 e. The van der Waals surface area contributed by atoms with Crippen molar-refractivity contribution < 1.29 is 19.4 Å². The fourth-order valence-electron chi connectivity index (χ4n) is 2.83. The molecule has 4 rings (SSSR count). The molecule has 0 aromatic heterocycles. The predicted octanol–water partition coefficient (Wildman–Crippen LogP) is 2.78. The van der Waals surface area contributed by atoms with Crippen LogP contribution in [0.15, 0.2) is 48.5 Å². The molecule has 0 saturated carbocycles. The van der Waals surface area contributed by atoms with Crippen LogP contribution in [0.25, 0.3) is 0 Å². The van der Waals surface area contributed by atoms with E-state index in [1.54, 1.807) is 18.2 Å². The van der Waals surface area contributed by atoms with Gasteiger partial charge in [0.05, 0.1) is 5.56 Å². The van der Waals surface area contributed by atoms with Crippen molar-refractivity contribution in [1.29, 1.82) is 0 Å². The zero-order valence-electron chi connectivity index (χ0n) is 11.5. The number of benzene rings is 2. The number of fused-ring (bicyclic) bond motifs is 1. The minimum absolute atomic E-state index is 0.195. The van der Waals surface area contributed by atoms with Gasteiger partial charge < -0.3 is 14.6 Å². The van der Waals surface area contributed by atoms with Gasteiger partial charge in [-0.3, -0.25) is 4.79 Å². The SMILES string of the molecule is O=C1c2cc(Cl)ccc2OC1C(O)[C@H]1O[C@@H]1c1ccccc1. The van der Waals surface area contributed by atoms with Gasteiger partial charge in [0.1, 0.15) is 24.1 Å². The van der Waals surface area contributed by atoms with Crippen LogP contribution in [0.4, 0.5) is 0 Å². The second-order valence-corrected chi connectivity index (χ2v) is 5.90. The average Bonchev–Trinajstić information content (AvgIpc) is 3.28. The summed E-state index contributed by atoms with van der Waals surface area (Å²) in [6.07, 6.45) is -2.57. The third-order valence-corrected chi connectivity index (χ3v) is 4.25. The van der Waals surface area contributed by atoms with E-state index in [4.69, 9.17) is 21.1 Å². The Hall–Kier alpha value is -1.88. The number of carbonyl (C=O) groups is 1. The third kappa shape index (κ3) is 2.20. The second kappa shape index (κ2) is 5.09. The summed E-state index contributed by atoms with van der Waals surface area (Å²) in [7, 11) is 0. The Bertz CT molecular complexity index is 731. The molecule has 1 saturated heterocycles. The van der Waals surface area contributed by atoms with Gasteiger partial charge in [-0.1, -0.05) is 41.9 Å². The molecule has 0 spiro atoms. The largest absolute Gasteiger partial charge is 0.479 e. The van der Waals surface area contributed by atoms with E-state index >= 15 is 0 Å². The molecule has 1 fully saturated rings. The van der Waals surface area contributed by atoms with Crippen LogP contribution in [0, 0.1) is 0 Å². The van der Waals surface area contributed by atoms with Crippen LogP contribution in [0.2, 0.25) is 5.02 Å². The van der Waals surface area contributed by atoms with Gasteiger partial charge in [-0.05, 0) is 23.8 Å². The molecular formula is C17H13ClO4. The van der Waals surface area contributed by atoms with E-state index in [0.717, 1.165) is 5.56 Å². The third-order valence-electron chi connectivity index (χ3n) is 4.02. The van der Waals surface area contributed by atoms with Gasteiger partial charge in [0.25, 0.3) is 0 Å². The Kier molecular flexibility index (Phi) is 3.18. The van der Waals surface area contributed by atoms with Crippen molar-refractivity contribution in [2.24, 2.45) is 0 Å². The highest BCUT2D eigenvalue weighted by atomic mass is 35.5. The molecule has 2 aromatic carbocycles. The highest BCUT2D eigenvalue weighted by Crippen LogP contribution is 2.43. The summed E-state index contributed by atoms with van der Waals surface area (Å²) in [4.78, 5) is 12.4. The van der Waals surface area contributed by atoms with Crippen molar-refractivity contribution in [1.82, 2.24) is 0 Å². The zero-order chi connectivity index (χ0) is 15.3. The van der Waals surface area contributed by atoms with Gasteiger partial charge in [0, 0.05) is 5.02 Å². The minimum atomic E-state index is -1.01.